The van der Waals surface area contributed by atoms with Gasteiger partial charge in [0.05, 0.1) is 6.54 Å². The number of nitrogens with one attached hydrogen (secondary N) is 2. The summed E-state index contributed by atoms with van der Waals surface area (Å²) in [6, 6.07) is 14.3. The summed E-state index contributed by atoms with van der Waals surface area (Å²) in [6.45, 7) is 1.59. The number of hydrogen-bond donors (Lipinski definition) is 2. The molecule has 1 saturated heterocycles. The lowest BCUT2D eigenvalue weighted by molar-refractivity contribution is -0.141. The molecule has 0 radical (unpaired) electrons. The van der Waals surface area contributed by atoms with Gasteiger partial charge in [0.25, 0.3) is 0 Å². The number of anilines is 2. The molecule has 4 rings (SSSR count). The first kappa shape index (κ1) is 23.0. The zero-order chi connectivity index (χ0) is 23.3. The number of aromatic nitrogens is 2. The van der Waals surface area contributed by atoms with Crippen molar-refractivity contribution in [3.8, 4) is 11.3 Å². The maximum Gasteiger partial charge on any atom is 0.433 e. The summed E-state index contributed by atoms with van der Waals surface area (Å²) in [6.07, 6.45) is -0.626. The first-order valence-electron chi connectivity index (χ1n) is 10.8. The zero-order valence-corrected chi connectivity index (χ0v) is 18.7. The van der Waals surface area contributed by atoms with E-state index in [9.17, 15) is 13.2 Å². The molecular weight excluding hydrogens is 451 g/mol. The molecule has 10 heteroatoms. The Labute approximate surface area is 195 Å². The van der Waals surface area contributed by atoms with E-state index in [0.29, 0.717) is 18.8 Å². The van der Waals surface area contributed by atoms with Crippen molar-refractivity contribution < 1.29 is 17.6 Å². The minimum Gasteiger partial charge on any atom is -0.459 e. The van der Waals surface area contributed by atoms with Crippen LogP contribution in [0.3, 0.4) is 0 Å². The zero-order valence-electron chi connectivity index (χ0n) is 17.9. The van der Waals surface area contributed by atoms with E-state index < -0.39 is 11.9 Å². The summed E-state index contributed by atoms with van der Waals surface area (Å²) >= 11 is 5.25. The van der Waals surface area contributed by atoms with Crippen LogP contribution in [0.2, 0.25) is 0 Å². The van der Waals surface area contributed by atoms with Crippen molar-refractivity contribution in [1.82, 2.24) is 15.3 Å². The average molecular weight is 476 g/mol. The highest BCUT2D eigenvalue weighted by Gasteiger charge is 2.34. The van der Waals surface area contributed by atoms with Crippen LogP contribution in [0.5, 0.6) is 0 Å². The monoisotopic (exact) mass is 475 g/mol. The molecular formula is C23H24F3N5OS. The van der Waals surface area contributed by atoms with Gasteiger partial charge in [-0.15, -0.1) is 0 Å². The van der Waals surface area contributed by atoms with Gasteiger partial charge in [-0.1, -0.05) is 43.2 Å². The van der Waals surface area contributed by atoms with Crippen molar-refractivity contribution in [3.63, 3.8) is 0 Å². The highest BCUT2D eigenvalue weighted by atomic mass is 32.1. The van der Waals surface area contributed by atoms with Gasteiger partial charge in [0.1, 0.15) is 17.3 Å². The fourth-order valence-corrected chi connectivity index (χ4v) is 3.80. The normalized spacial score (nSPS) is 14.6. The largest absolute Gasteiger partial charge is 0.459 e. The highest BCUT2D eigenvalue weighted by Crippen LogP contribution is 2.31. The van der Waals surface area contributed by atoms with E-state index in [1.807, 2.05) is 47.4 Å². The van der Waals surface area contributed by atoms with E-state index in [2.05, 4.69) is 20.6 Å². The van der Waals surface area contributed by atoms with Gasteiger partial charge in [0, 0.05) is 24.7 Å². The highest BCUT2D eigenvalue weighted by molar-refractivity contribution is 7.80. The second kappa shape index (κ2) is 10.2. The number of rotatable bonds is 5. The Bertz CT molecular complexity index is 1080. The lowest BCUT2D eigenvalue weighted by Gasteiger charge is -2.23. The average Bonchev–Trinajstić information content (AvgIpc) is 3.11. The molecule has 0 aliphatic carbocycles. The quantitative estimate of drug-likeness (QED) is 0.464. The van der Waals surface area contributed by atoms with Gasteiger partial charge in [-0.2, -0.15) is 18.2 Å². The number of alkyl halides is 3. The lowest BCUT2D eigenvalue weighted by Crippen LogP contribution is -2.30. The van der Waals surface area contributed by atoms with E-state index in [-0.39, 0.29) is 23.4 Å². The Balaban J connectivity index is 1.43. The first-order chi connectivity index (χ1) is 15.9. The summed E-state index contributed by atoms with van der Waals surface area (Å²) < 4.78 is 46.1. The molecule has 0 atom stereocenters. The summed E-state index contributed by atoms with van der Waals surface area (Å²) in [7, 11) is 0. The molecule has 0 amide bonds. The van der Waals surface area contributed by atoms with Crippen LogP contribution in [0.15, 0.2) is 52.9 Å². The van der Waals surface area contributed by atoms with E-state index in [1.165, 1.54) is 0 Å². The van der Waals surface area contributed by atoms with Crippen molar-refractivity contribution in [3.05, 3.63) is 60.0 Å². The van der Waals surface area contributed by atoms with Crippen LogP contribution in [-0.2, 0) is 12.7 Å². The Kier molecular flexibility index (Phi) is 7.12. The smallest absolute Gasteiger partial charge is 0.433 e. The summed E-state index contributed by atoms with van der Waals surface area (Å²) in [5.41, 5.74) is -0.0524. The van der Waals surface area contributed by atoms with Gasteiger partial charge in [-0.25, -0.2) is 4.98 Å². The molecule has 2 aromatic heterocycles. The number of halogens is 3. The van der Waals surface area contributed by atoms with Gasteiger partial charge in [0.15, 0.2) is 10.8 Å². The first-order valence-corrected chi connectivity index (χ1v) is 11.2. The van der Waals surface area contributed by atoms with Crippen molar-refractivity contribution >= 4 is 29.1 Å². The van der Waals surface area contributed by atoms with Gasteiger partial charge in [-0.3, -0.25) is 0 Å². The van der Waals surface area contributed by atoms with Crippen LogP contribution in [0.25, 0.3) is 11.3 Å². The Morgan fingerprint density at radius 3 is 2.42 bits per heavy atom. The summed E-state index contributed by atoms with van der Waals surface area (Å²) in [5.74, 6) is 1.41. The van der Waals surface area contributed by atoms with Crippen LogP contribution in [0.1, 0.15) is 37.1 Å². The van der Waals surface area contributed by atoms with Crippen molar-refractivity contribution in [2.75, 3.05) is 23.3 Å². The van der Waals surface area contributed by atoms with Crippen LogP contribution in [0.4, 0.5) is 24.9 Å². The fraction of sp³-hybridized carbons (Fsp3) is 0.348. The van der Waals surface area contributed by atoms with Crippen LogP contribution in [0, 0.1) is 0 Å². The Morgan fingerprint density at radius 2 is 1.73 bits per heavy atom. The van der Waals surface area contributed by atoms with E-state index in [0.717, 1.165) is 43.1 Å². The van der Waals surface area contributed by atoms with Crippen molar-refractivity contribution in [1.29, 1.82) is 0 Å². The molecule has 6 nitrogen and oxygen atoms in total. The predicted octanol–water partition coefficient (Wildman–Crippen LogP) is 5.62. The molecule has 3 heterocycles. The fourth-order valence-electron chi connectivity index (χ4n) is 3.64. The molecule has 0 unspecified atom stereocenters. The van der Waals surface area contributed by atoms with E-state index >= 15 is 0 Å². The molecule has 174 valence electrons. The van der Waals surface area contributed by atoms with Crippen molar-refractivity contribution in [2.24, 2.45) is 0 Å². The standard InChI is InChI=1S/C23H24F3N5OS/c24-23(25,26)19-14-20(31-12-6-1-2-7-13-31)29-21(28-19)30-22(33)27-15-17-10-11-18(32-17)16-8-4-3-5-9-16/h3-5,8-11,14H,1-2,6-7,12-13,15H2,(H2,27,28,29,30,33). The number of hydrogen-bond acceptors (Lipinski definition) is 5. The van der Waals surface area contributed by atoms with Crippen LogP contribution in [-0.4, -0.2) is 28.2 Å². The Hall–Kier alpha value is -3.14. The predicted molar refractivity (Wildman–Crippen MR) is 125 cm³/mol. The molecule has 1 aromatic carbocycles. The number of furan rings is 1. The van der Waals surface area contributed by atoms with Crippen LogP contribution < -0.4 is 15.5 Å². The maximum atomic E-state index is 13.4. The third-order valence-corrected chi connectivity index (χ3v) is 5.55. The third-order valence-electron chi connectivity index (χ3n) is 5.30. The minimum absolute atomic E-state index is 0.105. The number of benzene rings is 1. The van der Waals surface area contributed by atoms with Gasteiger partial charge < -0.3 is 20.0 Å². The topological polar surface area (TPSA) is 66.2 Å². The molecule has 0 bridgehead atoms. The maximum absolute atomic E-state index is 13.4. The minimum atomic E-state index is -4.59. The van der Waals surface area contributed by atoms with E-state index in [4.69, 9.17) is 16.6 Å². The molecule has 1 aliphatic heterocycles. The van der Waals surface area contributed by atoms with Gasteiger partial charge in [-0.05, 0) is 37.2 Å². The summed E-state index contributed by atoms with van der Waals surface area (Å²) in [4.78, 5) is 9.82. The lowest BCUT2D eigenvalue weighted by atomic mass is 10.2. The molecule has 33 heavy (non-hydrogen) atoms. The van der Waals surface area contributed by atoms with Crippen molar-refractivity contribution in [2.45, 2.75) is 38.4 Å². The second-order valence-electron chi connectivity index (χ2n) is 7.77. The van der Waals surface area contributed by atoms with E-state index in [1.54, 1.807) is 0 Å². The molecule has 0 spiro atoms. The molecule has 1 fully saturated rings. The molecule has 0 saturated carbocycles. The molecule has 2 N–H and O–H groups in total. The van der Waals surface area contributed by atoms with Crippen LogP contribution >= 0.6 is 12.2 Å². The Morgan fingerprint density at radius 1 is 1.00 bits per heavy atom. The molecule has 1 aliphatic rings. The summed E-state index contributed by atoms with van der Waals surface area (Å²) in [5, 5.41) is 5.72. The SMILES string of the molecule is FC(F)(F)c1cc(N2CCCCCC2)nc(NC(=S)NCc2ccc(-c3ccccc3)o2)n1. The number of nitrogens with zero attached hydrogens (tertiary/aromatic N) is 3. The number of thiocarbonyl (C=S) groups is 1. The second-order valence-corrected chi connectivity index (χ2v) is 8.18. The van der Waals surface area contributed by atoms with Gasteiger partial charge >= 0.3 is 6.18 Å². The van der Waals surface area contributed by atoms with Gasteiger partial charge in [0.2, 0.25) is 5.95 Å². The third kappa shape index (κ3) is 6.22. The molecule has 3 aromatic rings.